The van der Waals surface area contributed by atoms with Crippen LogP contribution in [0.3, 0.4) is 0 Å². The standard InChI is InChI=1S/C12H24N2O2S2/c1-12-4-9-17-10-7-14(12)18(15,16)11-8-13-5-2-3-6-13/h12H,2-11H2,1H3/t12-/m0/s1. The predicted octanol–water partition coefficient (Wildman–Crippen LogP) is 1.24. The molecule has 2 saturated heterocycles. The lowest BCUT2D eigenvalue weighted by Gasteiger charge is -2.27. The molecule has 0 amide bonds. The molecule has 2 rings (SSSR count). The molecule has 0 aromatic heterocycles. The van der Waals surface area contributed by atoms with Crippen molar-refractivity contribution in [1.29, 1.82) is 0 Å². The Hall–Kier alpha value is 0.220. The normalized spacial score (nSPS) is 28.4. The summed E-state index contributed by atoms with van der Waals surface area (Å²) in [4.78, 5) is 2.27. The van der Waals surface area contributed by atoms with Gasteiger partial charge in [0.15, 0.2) is 0 Å². The van der Waals surface area contributed by atoms with Crippen LogP contribution in [0.15, 0.2) is 0 Å². The van der Waals surface area contributed by atoms with Crippen molar-refractivity contribution in [3.63, 3.8) is 0 Å². The smallest absolute Gasteiger partial charge is 0.215 e. The first-order chi connectivity index (χ1) is 8.59. The van der Waals surface area contributed by atoms with Crippen molar-refractivity contribution in [3.8, 4) is 0 Å². The number of hydrogen-bond donors (Lipinski definition) is 0. The van der Waals surface area contributed by atoms with Gasteiger partial charge in [-0.1, -0.05) is 0 Å². The molecule has 2 aliphatic rings. The number of thioether (sulfide) groups is 1. The van der Waals surface area contributed by atoms with Crippen molar-refractivity contribution in [2.45, 2.75) is 32.2 Å². The van der Waals surface area contributed by atoms with Crippen LogP contribution >= 0.6 is 11.8 Å². The van der Waals surface area contributed by atoms with Crippen LogP contribution in [0.1, 0.15) is 26.2 Å². The summed E-state index contributed by atoms with van der Waals surface area (Å²) in [5, 5.41) is 0. The molecule has 1 atom stereocenters. The molecule has 2 aliphatic heterocycles. The third-order valence-corrected chi connectivity index (χ3v) is 6.80. The van der Waals surface area contributed by atoms with Gasteiger partial charge in [-0.25, -0.2) is 8.42 Å². The van der Waals surface area contributed by atoms with Crippen molar-refractivity contribution in [3.05, 3.63) is 0 Å². The van der Waals surface area contributed by atoms with Gasteiger partial charge in [-0.2, -0.15) is 16.1 Å². The molecule has 0 aromatic rings. The lowest BCUT2D eigenvalue weighted by atomic mass is 10.3. The highest BCUT2D eigenvalue weighted by Gasteiger charge is 2.29. The summed E-state index contributed by atoms with van der Waals surface area (Å²) in [5.41, 5.74) is 0. The van der Waals surface area contributed by atoms with Crippen LogP contribution in [0.5, 0.6) is 0 Å². The zero-order valence-electron chi connectivity index (χ0n) is 11.2. The van der Waals surface area contributed by atoms with E-state index in [9.17, 15) is 8.42 Å². The minimum absolute atomic E-state index is 0.170. The highest BCUT2D eigenvalue weighted by Crippen LogP contribution is 2.19. The van der Waals surface area contributed by atoms with Crippen molar-refractivity contribution < 1.29 is 8.42 Å². The van der Waals surface area contributed by atoms with Gasteiger partial charge in [-0.05, 0) is 45.0 Å². The van der Waals surface area contributed by atoms with Crippen molar-refractivity contribution in [2.75, 3.05) is 43.4 Å². The summed E-state index contributed by atoms with van der Waals surface area (Å²) >= 11 is 1.87. The van der Waals surface area contributed by atoms with Crippen LogP contribution in [0.2, 0.25) is 0 Å². The van der Waals surface area contributed by atoms with E-state index in [4.69, 9.17) is 0 Å². The fourth-order valence-electron chi connectivity index (χ4n) is 2.66. The van der Waals surface area contributed by atoms with E-state index in [1.54, 1.807) is 4.31 Å². The Kier molecular flexibility index (Phi) is 5.35. The van der Waals surface area contributed by atoms with E-state index in [0.717, 1.165) is 31.0 Å². The number of likely N-dealkylation sites (tertiary alicyclic amines) is 1. The summed E-state index contributed by atoms with van der Waals surface area (Å²) < 4.78 is 26.5. The fourth-order valence-corrected chi connectivity index (χ4v) is 5.56. The molecule has 0 radical (unpaired) electrons. The van der Waals surface area contributed by atoms with Crippen LogP contribution in [0.25, 0.3) is 0 Å². The zero-order chi connectivity index (χ0) is 13.0. The molecule has 0 N–H and O–H groups in total. The molecule has 18 heavy (non-hydrogen) atoms. The van der Waals surface area contributed by atoms with Gasteiger partial charge in [0.25, 0.3) is 0 Å². The fraction of sp³-hybridized carbons (Fsp3) is 1.00. The molecule has 0 unspecified atom stereocenters. The van der Waals surface area contributed by atoms with Gasteiger partial charge in [0.2, 0.25) is 10.0 Å². The van der Waals surface area contributed by atoms with Crippen LogP contribution in [0.4, 0.5) is 0 Å². The summed E-state index contributed by atoms with van der Waals surface area (Å²) in [7, 11) is -3.07. The Bertz CT molecular complexity index is 353. The highest BCUT2D eigenvalue weighted by molar-refractivity contribution is 7.99. The highest BCUT2D eigenvalue weighted by atomic mass is 32.2. The molecular weight excluding hydrogens is 268 g/mol. The molecule has 4 nitrogen and oxygen atoms in total. The molecular formula is C12H24N2O2S2. The summed E-state index contributed by atoms with van der Waals surface area (Å²) in [6.45, 7) is 5.58. The molecule has 6 heteroatoms. The maximum Gasteiger partial charge on any atom is 0.215 e. The maximum absolute atomic E-state index is 12.4. The quantitative estimate of drug-likeness (QED) is 0.782. The van der Waals surface area contributed by atoms with E-state index in [1.807, 2.05) is 18.7 Å². The van der Waals surface area contributed by atoms with Crippen LogP contribution in [0, 0.1) is 0 Å². The lowest BCUT2D eigenvalue weighted by Crippen LogP contribution is -2.42. The molecule has 0 bridgehead atoms. The minimum atomic E-state index is -3.07. The minimum Gasteiger partial charge on any atom is -0.302 e. The Labute approximate surface area is 115 Å². The predicted molar refractivity (Wildman–Crippen MR) is 77.6 cm³/mol. The van der Waals surface area contributed by atoms with Crippen LogP contribution in [-0.4, -0.2) is 67.1 Å². The second-order valence-electron chi connectivity index (χ2n) is 5.23. The molecule has 0 saturated carbocycles. The van der Waals surface area contributed by atoms with E-state index in [2.05, 4.69) is 4.90 Å². The zero-order valence-corrected chi connectivity index (χ0v) is 12.8. The molecule has 0 spiro atoms. The van der Waals surface area contributed by atoms with Gasteiger partial charge in [0.05, 0.1) is 5.75 Å². The Morgan fingerprint density at radius 2 is 1.89 bits per heavy atom. The SMILES string of the molecule is C[C@H]1CCSCCN1S(=O)(=O)CCN1CCCC1. The van der Waals surface area contributed by atoms with Gasteiger partial charge < -0.3 is 4.90 Å². The summed E-state index contributed by atoms with van der Waals surface area (Å²) in [5.74, 6) is 2.31. The second-order valence-corrected chi connectivity index (χ2v) is 8.49. The van der Waals surface area contributed by atoms with Gasteiger partial charge in [-0.15, -0.1) is 0 Å². The molecule has 106 valence electrons. The molecule has 2 fully saturated rings. The van der Waals surface area contributed by atoms with E-state index in [1.165, 1.54) is 12.8 Å². The first-order valence-corrected chi connectivity index (χ1v) is 9.65. The van der Waals surface area contributed by atoms with E-state index in [-0.39, 0.29) is 6.04 Å². The second kappa shape index (κ2) is 6.59. The Balaban J connectivity index is 1.91. The maximum atomic E-state index is 12.4. The first-order valence-electron chi connectivity index (χ1n) is 6.89. The van der Waals surface area contributed by atoms with Gasteiger partial charge in [0.1, 0.15) is 0 Å². The monoisotopic (exact) mass is 292 g/mol. The summed E-state index contributed by atoms with van der Waals surface area (Å²) in [6, 6.07) is 0.170. The molecule has 0 aliphatic carbocycles. The number of sulfonamides is 1. The summed E-state index contributed by atoms with van der Waals surface area (Å²) in [6.07, 6.45) is 3.42. The Morgan fingerprint density at radius 1 is 1.17 bits per heavy atom. The number of rotatable bonds is 4. The van der Waals surface area contributed by atoms with Crippen LogP contribution in [-0.2, 0) is 10.0 Å². The third kappa shape index (κ3) is 3.85. The van der Waals surface area contributed by atoms with Crippen LogP contribution < -0.4 is 0 Å². The average molecular weight is 292 g/mol. The number of nitrogens with zero attached hydrogens (tertiary/aromatic N) is 2. The van der Waals surface area contributed by atoms with Crippen molar-refractivity contribution in [1.82, 2.24) is 9.21 Å². The van der Waals surface area contributed by atoms with Gasteiger partial charge in [0, 0.05) is 24.9 Å². The van der Waals surface area contributed by atoms with E-state index in [0.29, 0.717) is 18.8 Å². The lowest BCUT2D eigenvalue weighted by molar-refractivity contribution is 0.333. The Morgan fingerprint density at radius 3 is 2.61 bits per heavy atom. The van der Waals surface area contributed by atoms with Gasteiger partial charge in [-0.3, -0.25) is 0 Å². The van der Waals surface area contributed by atoms with E-state index < -0.39 is 10.0 Å². The van der Waals surface area contributed by atoms with Crippen molar-refractivity contribution in [2.24, 2.45) is 0 Å². The first kappa shape index (κ1) is 14.6. The molecule has 2 heterocycles. The topological polar surface area (TPSA) is 40.6 Å². The van der Waals surface area contributed by atoms with Gasteiger partial charge >= 0.3 is 0 Å². The number of hydrogen-bond acceptors (Lipinski definition) is 4. The van der Waals surface area contributed by atoms with Crippen molar-refractivity contribution >= 4 is 21.8 Å². The largest absolute Gasteiger partial charge is 0.302 e. The third-order valence-electron chi connectivity index (χ3n) is 3.85. The molecule has 0 aromatic carbocycles. The average Bonchev–Trinajstić information content (AvgIpc) is 2.75. The van der Waals surface area contributed by atoms with E-state index >= 15 is 0 Å².